The third-order valence-electron chi connectivity index (χ3n) is 5.45. The summed E-state index contributed by atoms with van der Waals surface area (Å²) in [6.45, 7) is 3.06. The van der Waals surface area contributed by atoms with Gasteiger partial charge in [-0.15, -0.1) is 0 Å². The van der Waals surface area contributed by atoms with Crippen LogP contribution in [-0.4, -0.2) is 73.9 Å². The zero-order chi connectivity index (χ0) is 14.9. The van der Waals surface area contributed by atoms with Crippen molar-refractivity contribution in [1.29, 1.82) is 0 Å². The molecule has 0 bridgehead atoms. The van der Waals surface area contributed by atoms with E-state index in [9.17, 15) is 4.79 Å². The molecule has 21 heavy (non-hydrogen) atoms. The second-order valence-corrected chi connectivity index (χ2v) is 6.90. The lowest BCUT2D eigenvalue weighted by molar-refractivity contribution is -0.159. The predicted molar refractivity (Wildman–Crippen MR) is 80.2 cm³/mol. The van der Waals surface area contributed by atoms with Crippen molar-refractivity contribution in [3.05, 3.63) is 0 Å². The van der Waals surface area contributed by atoms with Gasteiger partial charge in [0.15, 0.2) is 0 Å². The molecule has 5 nitrogen and oxygen atoms in total. The van der Waals surface area contributed by atoms with Crippen molar-refractivity contribution in [1.82, 2.24) is 9.80 Å². The van der Waals surface area contributed by atoms with E-state index in [1.54, 1.807) is 7.11 Å². The minimum absolute atomic E-state index is 0.0197. The van der Waals surface area contributed by atoms with Gasteiger partial charge in [0.05, 0.1) is 24.4 Å². The number of likely N-dealkylation sites (tertiary alicyclic amines) is 1. The van der Waals surface area contributed by atoms with Crippen molar-refractivity contribution in [2.45, 2.75) is 56.3 Å². The van der Waals surface area contributed by atoms with E-state index in [0.29, 0.717) is 6.61 Å². The molecule has 0 aromatic carbocycles. The minimum Gasteiger partial charge on any atom is -0.380 e. The number of carbonyl (C=O) groups excluding carboxylic acids is 1. The molecule has 0 unspecified atom stereocenters. The van der Waals surface area contributed by atoms with Gasteiger partial charge in [0.1, 0.15) is 0 Å². The lowest BCUT2D eigenvalue weighted by Gasteiger charge is -2.45. The monoisotopic (exact) mass is 296 g/mol. The fraction of sp³-hybridized carbons (Fsp3) is 0.938. The number of rotatable bonds is 2. The van der Waals surface area contributed by atoms with Crippen molar-refractivity contribution in [3.8, 4) is 0 Å². The Balaban J connectivity index is 1.64. The van der Waals surface area contributed by atoms with Crippen LogP contribution in [0.15, 0.2) is 0 Å². The molecule has 1 aliphatic carbocycles. The molecule has 2 aliphatic heterocycles. The third kappa shape index (κ3) is 3.10. The summed E-state index contributed by atoms with van der Waals surface area (Å²) in [6.07, 6.45) is 6.99. The number of ether oxygens (including phenoxy) is 2. The van der Waals surface area contributed by atoms with E-state index in [1.165, 1.54) is 19.3 Å². The average Bonchev–Trinajstić information content (AvgIpc) is 2.88. The van der Waals surface area contributed by atoms with Crippen LogP contribution in [0, 0.1) is 0 Å². The topological polar surface area (TPSA) is 42.0 Å². The summed E-state index contributed by atoms with van der Waals surface area (Å²) in [7, 11) is 3.76. The normalized spacial score (nSPS) is 33.5. The number of likely N-dealkylation sites (N-methyl/N-ethyl adjacent to an activating group) is 1. The van der Waals surface area contributed by atoms with E-state index in [0.717, 1.165) is 38.9 Å². The van der Waals surface area contributed by atoms with Crippen molar-refractivity contribution < 1.29 is 14.3 Å². The summed E-state index contributed by atoms with van der Waals surface area (Å²) < 4.78 is 11.5. The molecule has 2 heterocycles. The summed E-state index contributed by atoms with van der Waals surface area (Å²) >= 11 is 0. The third-order valence-corrected chi connectivity index (χ3v) is 5.45. The van der Waals surface area contributed by atoms with Crippen LogP contribution in [0.1, 0.15) is 38.5 Å². The summed E-state index contributed by atoms with van der Waals surface area (Å²) in [5.41, 5.74) is -0.0516. The smallest absolute Gasteiger partial charge is 0.240 e. The molecule has 1 spiro atoms. The Morgan fingerprint density at radius 1 is 1.29 bits per heavy atom. The summed E-state index contributed by atoms with van der Waals surface area (Å²) in [4.78, 5) is 17.1. The number of hydrogen-bond donors (Lipinski definition) is 0. The van der Waals surface area contributed by atoms with Gasteiger partial charge in [-0.25, -0.2) is 0 Å². The minimum atomic E-state index is -0.0516. The molecule has 0 aromatic rings. The summed E-state index contributed by atoms with van der Waals surface area (Å²) in [5, 5.41) is 0. The standard InChI is InChI=1S/C16H28N2O3/c1-17-11-13(20-2)10-14(17)15(19)18-8-9-21-16(12-18)6-4-3-5-7-16/h13-14H,3-12H2,1-2H3/t13-,14-/m0/s1. The maximum absolute atomic E-state index is 12.9. The van der Waals surface area contributed by atoms with Crippen LogP contribution in [0.25, 0.3) is 0 Å². The van der Waals surface area contributed by atoms with Gasteiger partial charge in [-0.3, -0.25) is 9.69 Å². The van der Waals surface area contributed by atoms with Gasteiger partial charge in [-0.05, 0) is 26.3 Å². The Bertz CT molecular complexity index is 376. The van der Waals surface area contributed by atoms with Crippen LogP contribution in [0.4, 0.5) is 0 Å². The quantitative estimate of drug-likeness (QED) is 0.769. The van der Waals surface area contributed by atoms with Gasteiger partial charge in [0, 0.05) is 26.7 Å². The number of nitrogens with zero attached hydrogens (tertiary/aromatic N) is 2. The lowest BCUT2D eigenvalue weighted by Crippen LogP contribution is -2.57. The molecule has 3 fully saturated rings. The number of morpholine rings is 1. The van der Waals surface area contributed by atoms with Gasteiger partial charge >= 0.3 is 0 Å². The molecular weight excluding hydrogens is 268 g/mol. The van der Waals surface area contributed by atoms with Crippen LogP contribution in [-0.2, 0) is 14.3 Å². The molecule has 0 aromatic heterocycles. The lowest BCUT2D eigenvalue weighted by atomic mass is 9.83. The fourth-order valence-corrected chi connectivity index (χ4v) is 4.15. The molecule has 3 aliphatic rings. The molecule has 1 saturated carbocycles. The van der Waals surface area contributed by atoms with Gasteiger partial charge in [0.25, 0.3) is 0 Å². The highest BCUT2D eigenvalue weighted by atomic mass is 16.5. The van der Waals surface area contributed by atoms with Crippen molar-refractivity contribution in [3.63, 3.8) is 0 Å². The van der Waals surface area contributed by atoms with Crippen LogP contribution in [0.5, 0.6) is 0 Å². The molecule has 120 valence electrons. The molecule has 3 rings (SSSR count). The zero-order valence-electron chi connectivity index (χ0n) is 13.3. The first-order chi connectivity index (χ1) is 10.1. The first-order valence-corrected chi connectivity index (χ1v) is 8.29. The molecular formula is C16H28N2O3. The van der Waals surface area contributed by atoms with Crippen LogP contribution < -0.4 is 0 Å². The van der Waals surface area contributed by atoms with Crippen molar-refractivity contribution in [2.24, 2.45) is 0 Å². The second kappa shape index (κ2) is 6.23. The molecule has 2 atom stereocenters. The van der Waals surface area contributed by atoms with Crippen molar-refractivity contribution >= 4 is 5.91 Å². The fourth-order valence-electron chi connectivity index (χ4n) is 4.15. The Morgan fingerprint density at radius 3 is 2.71 bits per heavy atom. The van der Waals surface area contributed by atoms with Crippen LogP contribution in [0.2, 0.25) is 0 Å². The SMILES string of the molecule is CO[C@H]1C[C@@H](C(=O)N2CCOC3(CCCCC3)C2)N(C)C1. The number of amides is 1. The Morgan fingerprint density at radius 2 is 2.05 bits per heavy atom. The summed E-state index contributed by atoms with van der Waals surface area (Å²) in [5.74, 6) is 0.269. The maximum Gasteiger partial charge on any atom is 0.240 e. The highest BCUT2D eigenvalue weighted by Crippen LogP contribution is 2.35. The largest absolute Gasteiger partial charge is 0.380 e. The van der Waals surface area contributed by atoms with E-state index in [-0.39, 0.29) is 23.7 Å². The van der Waals surface area contributed by atoms with Gasteiger partial charge < -0.3 is 14.4 Å². The van der Waals surface area contributed by atoms with E-state index in [2.05, 4.69) is 4.90 Å². The average molecular weight is 296 g/mol. The number of carbonyl (C=O) groups is 1. The summed E-state index contributed by atoms with van der Waals surface area (Å²) in [6, 6.07) is -0.0197. The molecule has 0 radical (unpaired) electrons. The van der Waals surface area contributed by atoms with Crippen molar-refractivity contribution in [2.75, 3.05) is 40.4 Å². The zero-order valence-corrected chi connectivity index (χ0v) is 13.3. The van der Waals surface area contributed by atoms with Crippen LogP contribution >= 0.6 is 0 Å². The van der Waals surface area contributed by atoms with E-state index in [4.69, 9.17) is 9.47 Å². The Labute approximate surface area is 127 Å². The van der Waals surface area contributed by atoms with E-state index < -0.39 is 0 Å². The molecule has 2 saturated heterocycles. The Hall–Kier alpha value is -0.650. The van der Waals surface area contributed by atoms with Gasteiger partial charge in [-0.2, -0.15) is 0 Å². The van der Waals surface area contributed by atoms with E-state index in [1.807, 2.05) is 11.9 Å². The maximum atomic E-state index is 12.9. The molecule has 5 heteroatoms. The first kappa shape index (κ1) is 15.3. The number of methoxy groups -OCH3 is 1. The Kier molecular flexibility index (Phi) is 4.52. The highest BCUT2D eigenvalue weighted by molar-refractivity contribution is 5.82. The second-order valence-electron chi connectivity index (χ2n) is 6.90. The first-order valence-electron chi connectivity index (χ1n) is 8.29. The molecule has 0 N–H and O–H groups in total. The van der Waals surface area contributed by atoms with Crippen LogP contribution in [0.3, 0.4) is 0 Å². The van der Waals surface area contributed by atoms with Gasteiger partial charge in [-0.1, -0.05) is 19.3 Å². The molecule has 1 amide bonds. The van der Waals surface area contributed by atoms with Gasteiger partial charge in [0.2, 0.25) is 5.91 Å². The number of hydrogen-bond acceptors (Lipinski definition) is 4. The highest BCUT2D eigenvalue weighted by Gasteiger charge is 2.43. The van der Waals surface area contributed by atoms with E-state index >= 15 is 0 Å². The predicted octanol–water partition coefficient (Wildman–Crippen LogP) is 1.27.